The molecule has 0 saturated carbocycles. The smallest absolute Gasteiger partial charge is 0.225 e. The zero-order chi connectivity index (χ0) is 16.9. The number of hydrogen-bond donors (Lipinski definition) is 1. The second-order valence-corrected chi connectivity index (χ2v) is 6.53. The summed E-state index contributed by atoms with van der Waals surface area (Å²) in [5.74, 6) is 1.36. The Balaban J connectivity index is 1.49. The molecule has 2 fully saturated rings. The predicted molar refractivity (Wildman–Crippen MR) is 93.8 cm³/mol. The van der Waals surface area contributed by atoms with Crippen molar-refractivity contribution in [3.05, 3.63) is 18.2 Å². The quantitative estimate of drug-likeness (QED) is 0.860. The zero-order valence-electron chi connectivity index (χ0n) is 14.6. The fourth-order valence-electron chi connectivity index (χ4n) is 3.62. The maximum absolute atomic E-state index is 12.3. The minimum absolute atomic E-state index is 0.0270. The Morgan fingerprint density at radius 2 is 1.92 bits per heavy atom. The molecule has 2 saturated heterocycles. The van der Waals surface area contributed by atoms with Crippen molar-refractivity contribution in [3.8, 4) is 11.5 Å². The number of ether oxygens (including phenoxy) is 2. The summed E-state index contributed by atoms with van der Waals surface area (Å²) in [6.07, 6.45) is 3.12. The van der Waals surface area contributed by atoms with Gasteiger partial charge in [-0.25, -0.2) is 0 Å². The highest BCUT2D eigenvalue weighted by Gasteiger charge is 2.30. The molecule has 2 aliphatic heterocycles. The van der Waals surface area contributed by atoms with Gasteiger partial charge in [-0.3, -0.25) is 14.6 Å². The molecule has 132 valence electrons. The van der Waals surface area contributed by atoms with Crippen molar-refractivity contribution in [2.75, 3.05) is 52.3 Å². The lowest BCUT2D eigenvalue weighted by molar-refractivity contribution is -0.116. The summed E-state index contributed by atoms with van der Waals surface area (Å²) in [7, 11) is 3.20. The lowest BCUT2D eigenvalue weighted by Crippen LogP contribution is -2.50. The van der Waals surface area contributed by atoms with Gasteiger partial charge in [0, 0.05) is 62.5 Å². The number of methoxy groups -OCH3 is 2. The van der Waals surface area contributed by atoms with E-state index in [0.717, 1.165) is 26.2 Å². The number of amides is 1. The van der Waals surface area contributed by atoms with E-state index < -0.39 is 0 Å². The molecule has 6 heteroatoms. The van der Waals surface area contributed by atoms with E-state index in [1.807, 2.05) is 0 Å². The van der Waals surface area contributed by atoms with Crippen LogP contribution in [0, 0.1) is 0 Å². The highest BCUT2D eigenvalue weighted by molar-refractivity contribution is 5.91. The Morgan fingerprint density at radius 3 is 2.62 bits per heavy atom. The minimum atomic E-state index is 0.0270. The third-order valence-electron chi connectivity index (χ3n) is 4.96. The molecule has 0 aromatic heterocycles. The van der Waals surface area contributed by atoms with Gasteiger partial charge in [0.1, 0.15) is 11.5 Å². The molecule has 1 N–H and O–H groups in total. The van der Waals surface area contributed by atoms with Gasteiger partial charge in [-0.1, -0.05) is 0 Å². The van der Waals surface area contributed by atoms with E-state index in [4.69, 9.17) is 9.47 Å². The van der Waals surface area contributed by atoms with Crippen LogP contribution in [0.2, 0.25) is 0 Å². The first kappa shape index (κ1) is 17.0. The van der Waals surface area contributed by atoms with Crippen LogP contribution in [0.25, 0.3) is 0 Å². The van der Waals surface area contributed by atoms with Gasteiger partial charge < -0.3 is 14.8 Å². The number of fused-ring (bicyclic) bond motifs is 1. The van der Waals surface area contributed by atoms with Crippen molar-refractivity contribution in [3.63, 3.8) is 0 Å². The number of piperazine rings is 1. The molecule has 0 aliphatic carbocycles. The van der Waals surface area contributed by atoms with Crippen molar-refractivity contribution in [1.82, 2.24) is 9.80 Å². The zero-order valence-corrected chi connectivity index (χ0v) is 14.6. The topological polar surface area (TPSA) is 54.0 Å². The summed E-state index contributed by atoms with van der Waals surface area (Å²) in [4.78, 5) is 17.2. The average molecular weight is 333 g/mol. The Hall–Kier alpha value is -1.79. The number of nitrogens with zero attached hydrogens (tertiary/aromatic N) is 2. The molecule has 2 aliphatic rings. The number of nitrogens with one attached hydrogen (secondary N) is 1. The van der Waals surface area contributed by atoms with Gasteiger partial charge in [0.25, 0.3) is 0 Å². The molecule has 24 heavy (non-hydrogen) atoms. The van der Waals surface area contributed by atoms with Crippen LogP contribution in [0.5, 0.6) is 11.5 Å². The summed E-state index contributed by atoms with van der Waals surface area (Å²) >= 11 is 0. The van der Waals surface area contributed by atoms with E-state index >= 15 is 0 Å². The maximum Gasteiger partial charge on any atom is 0.225 e. The van der Waals surface area contributed by atoms with E-state index in [-0.39, 0.29) is 5.91 Å². The Kier molecular flexibility index (Phi) is 5.58. The lowest BCUT2D eigenvalue weighted by atomic mass is 10.1. The van der Waals surface area contributed by atoms with Crippen LogP contribution in [0.1, 0.15) is 19.3 Å². The Labute approximate surface area is 143 Å². The molecular formula is C18H27N3O3. The number of carbonyl (C=O) groups excluding carboxylic acids is 1. The van der Waals surface area contributed by atoms with Crippen molar-refractivity contribution in [1.29, 1.82) is 0 Å². The third-order valence-corrected chi connectivity index (χ3v) is 4.96. The monoisotopic (exact) mass is 333 g/mol. The van der Waals surface area contributed by atoms with Gasteiger partial charge in [-0.05, 0) is 19.4 Å². The molecule has 0 bridgehead atoms. The van der Waals surface area contributed by atoms with Crippen LogP contribution in [0.15, 0.2) is 18.2 Å². The summed E-state index contributed by atoms with van der Waals surface area (Å²) < 4.78 is 10.5. The number of carbonyl (C=O) groups is 1. The highest BCUT2D eigenvalue weighted by Crippen LogP contribution is 2.26. The average Bonchev–Trinajstić information content (AvgIpc) is 3.07. The first-order valence-corrected chi connectivity index (χ1v) is 8.67. The minimum Gasteiger partial charge on any atom is -0.497 e. The summed E-state index contributed by atoms with van der Waals surface area (Å²) in [6.45, 7) is 5.37. The summed E-state index contributed by atoms with van der Waals surface area (Å²) in [5, 5.41) is 2.94. The van der Waals surface area contributed by atoms with E-state index in [9.17, 15) is 4.79 Å². The lowest BCUT2D eigenvalue weighted by Gasteiger charge is -2.37. The van der Waals surface area contributed by atoms with E-state index in [1.165, 1.54) is 19.4 Å². The van der Waals surface area contributed by atoms with Gasteiger partial charge >= 0.3 is 0 Å². The Morgan fingerprint density at radius 1 is 1.17 bits per heavy atom. The standard InChI is InChI=1S/C18H27N3O3/c1-23-16-10-14(11-17(12-16)24-2)19-18(22)5-7-20-8-9-21-6-3-4-15(21)13-20/h10-12,15H,3-9,13H2,1-2H3,(H,19,22)/t15-/m1/s1. The molecule has 1 aromatic carbocycles. The number of benzene rings is 1. The molecular weight excluding hydrogens is 306 g/mol. The predicted octanol–water partition coefficient (Wildman–Crippen LogP) is 1.81. The normalized spacial score (nSPS) is 21.3. The van der Waals surface area contributed by atoms with Crippen molar-refractivity contribution in [2.45, 2.75) is 25.3 Å². The summed E-state index contributed by atoms with van der Waals surface area (Å²) in [6, 6.07) is 6.09. The van der Waals surface area contributed by atoms with Gasteiger partial charge in [0.2, 0.25) is 5.91 Å². The Bertz CT molecular complexity index is 556. The molecule has 1 atom stereocenters. The molecule has 6 nitrogen and oxygen atoms in total. The van der Waals surface area contributed by atoms with Crippen LogP contribution in [-0.4, -0.2) is 68.7 Å². The van der Waals surface area contributed by atoms with Crippen LogP contribution >= 0.6 is 0 Å². The molecule has 0 spiro atoms. The highest BCUT2D eigenvalue weighted by atomic mass is 16.5. The third kappa shape index (κ3) is 4.19. The SMILES string of the molecule is COc1cc(NC(=O)CCN2CCN3CCC[C@@H]3C2)cc(OC)c1. The molecule has 0 radical (unpaired) electrons. The maximum atomic E-state index is 12.3. The largest absolute Gasteiger partial charge is 0.497 e. The van der Waals surface area contributed by atoms with Gasteiger partial charge in [0.05, 0.1) is 14.2 Å². The van der Waals surface area contributed by atoms with Crippen molar-refractivity contribution < 1.29 is 14.3 Å². The van der Waals surface area contributed by atoms with Crippen molar-refractivity contribution in [2.24, 2.45) is 0 Å². The summed E-state index contributed by atoms with van der Waals surface area (Å²) in [5.41, 5.74) is 0.705. The van der Waals surface area contributed by atoms with Crippen LogP contribution in [0.4, 0.5) is 5.69 Å². The van der Waals surface area contributed by atoms with Crippen molar-refractivity contribution >= 4 is 11.6 Å². The number of rotatable bonds is 6. The van der Waals surface area contributed by atoms with Crippen LogP contribution < -0.4 is 14.8 Å². The van der Waals surface area contributed by atoms with E-state index in [0.29, 0.717) is 29.6 Å². The number of anilines is 1. The number of hydrogen-bond acceptors (Lipinski definition) is 5. The first-order chi connectivity index (χ1) is 11.7. The fourth-order valence-corrected chi connectivity index (χ4v) is 3.62. The molecule has 0 unspecified atom stereocenters. The molecule has 2 heterocycles. The second-order valence-electron chi connectivity index (χ2n) is 6.53. The van der Waals surface area contributed by atoms with E-state index in [2.05, 4.69) is 15.1 Å². The van der Waals surface area contributed by atoms with Gasteiger partial charge in [-0.2, -0.15) is 0 Å². The van der Waals surface area contributed by atoms with Crippen LogP contribution in [-0.2, 0) is 4.79 Å². The second kappa shape index (κ2) is 7.85. The first-order valence-electron chi connectivity index (χ1n) is 8.67. The van der Waals surface area contributed by atoms with Gasteiger partial charge in [0.15, 0.2) is 0 Å². The van der Waals surface area contributed by atoms with Crippen LogP contribution in [0.3, 0.4) is 0 Å². The van der Waals surface area contributed by atoms with Gasteiger partial charge in [-0.15, -0.1) is 0 Å². The molecule has 1 amide bonds. The molecule has 3 rings (SSSR count). The molecule has 1 aromatic rings. The van der Waals surface area contributed by atoms with E-state index in [1.54, 1.807) is 32.4 Å². The fraction of sp³-hybridized carbons (Fsp3) is 0.611.